The minimum Gasteiger partial charge on any atom is -0.457 e. The molecule has 0 unspecified atom stereocenters. The molecule has 0 aliphatic carbocycles. The van der Waals surface area contributed by atoms with Gasteiger partial charge in [-0.1, -0.05) is 12.1 Å². The van der Waals surface area contributed by atoms with Gasteiger partial charge in [0.1, 0.15) is 0 Å². The quantitative estimate of drug-likeness (QED) is 0.531. The van der Waals surface area contributed by atoms with E-state index in [-0.39, 0.29) is 0 Å². The van der Waals surface area contributed by atoms with Crippen LogP contribution >= 0.6 is 11.8 Å². The summed E-state index contributed by atoms with van der Waals surface area (Å²) >= 11 is 1.73. The van der Waals surface area contributed by atoms with Crippen molar-refractivity contribution in [2.45, 2.75) is 17.7 Å². The Morgan fingerprint density at radius 3 is 2.64 bits per heavy atom. The second-order valence-corrected chi connectivity index (χ2v) is 3.76. The van der Waals surface area contributed by atoms with Crippen molar-refractivity contribution in [2.24, 2.45) is 0 Å². The van der Waals surface area contributed by atoms with Gasteiger partial charge in [-0.15, -0.1) is 11.8 Å². The van der Waals surface area contributed by atoms with Gasteiger partial charge >= 0.3 is 6.47 Å². The van der Waals surface area contributed by atoms with E-state index in [1.807, 2.05) is 0 Å². The van der Waals surface area contributed by atoms with Crippen molar-refractivity contribution in [3.63, 3.8) is 0 Å². The standard InChI is InChI=1S/C11H13O2S/c1-14-11-6-4-10(5-7-11)3-2-8-13-9-12/h4-7H,2-3,8H2,1H3. The molecule has 75 valence electrons. The highest BCUT2D eigenvalue weighted by atomic mass is 32.2. The predicted molar refractivity (Wildman–Crippen MR) is 58.2 cm³/mol. The van der Waals surface area contributed by atoms with Crippen molar-refractivity contribution in [3.05, 3.63) is 29.8 Å². The van der Waals surface area contributed by atoms with Crippen LogP contribution in [0.25, 0.3) is 0 Å². The topological polar surface area (TPSA) is 26.3 Å². The van der Waals surface area contributed by atoms with E-state index in [0.29, 0.717) is 6.61 Å². The second-order valence-electron chi connectivity index (χ2n) is 2.88. The second kappa shape index (κ2) is 6.49. The third-order valence-electron chi connectivity index (χ3n) is 1.93. The summed E-state index contributed by atoms with van der Waals surface area (Å²) in [7, 11) is 0. The van der Waals surface area contributed by atoms with Crippen molar-refractivity contribution in [2.75, 3.05) is 12.9 Å². The molecular weight excluding hydrogens is 196 g/mol. The molecule has 2 nitrogen and oxygen atoms in total. The molecule has 1 rings (SSSR count). The van der Waals surface area contributed by atoms with Crippen molar-refractivity contribution < 1.29 is 9.53 Å². The van der Waals surface area contributed by atoms with E-state index in [9.17, 15) is 4.79 Å². The monoisotopic (exact) mass is 209 g/mol. The summed E-state index contributed by atoms with van der Waals surface area (Å²) in [4.78, 5) is 11.0. The first-order valence-electron chi connectivity index (χ1n) is 4.48. The van der Waals surface area contributed by atoms with Crippen LogP contribution in [0.3, 0.4) is 0 Å². The van der Waals surface area contributed by atoms with Crippen LogP contribution in [0.5, 0.6) is 0 Å². The summed E-state index contributed by atoms with van der Waals surface area (Å²) in [6.07, 6.45) is 3.85. The summed E-state index contributed by atoms with van der Waals surface area (Å²) in [6, 6.07) is 8.42. The van der Waals surface area contributed by atoms with Gasteiger partial charge in [-0.25, -0.2) is 4.79 Å². The van der Waals surface area contributed by atoms with Crippen LogP contribution in [0.1, 0.15) is 12.0 Å². The number of benzene rings is 1. The number of rotatable bonds is 6. The number of ether oxygens (including phenoxy) is 1. The van der Waals surface area contributed by atoms with E-state index in [4.69, 9.17) is 0 Å². The zero-order valence-electron chi connectivity index (χ0n) is 8.16. The fraction of sp³-hybridized carbons (Fsp3) is 0.364. The first kappa shape index (κ1) is 11.1. The molecule has 1 radical (unpaired) electrons. The van der Waals surface area contributed by atoms with Crippen molar-refractivity contribution in [1.82, 2.24) is 0 Å². The molecule has 0 bridgehead atoms. The Morgan fingerprint density at radius 1 is 1.36 bits per heavy atom. The van der Waals surface area contributed by atoms with Gasteiger partial charge in [-0.3, -0.25) is 0 Å². The first-order chi connectivity index (χ1) is 6.86. The normalized spacial score (nSPS) is 9.79. The molecule has 0 N–H and O–H groups in total. The van der Waals surface area contributed by atoms with Crippen molar-refractivity contribution >= 4 is 18.2 Å². The van der Waals surface area contributed by atoms with E-state index in [1.165, 1.54) is 16.9 Å². The van der Waals surface area contributed by atoms with E-state index < -0.39 is 0 Å². The number of carbonyl (C=O) groups excluding carboxylic acids is 1. The summed E-state index contributed by atoms with van der Waals surface area (Å²) in [6.45, 7) is 1.87. The van der Waals surface area contributed by atoms with Crippen molar-refractivity contribution in [1.29, 1.82) is 0 Å². The molecule has 1 aromatic rings. The van der Waals surface area contributed by atoms with Crippen LogP contribution in [0.2, 0.25) is 0 Å². The average molecular weight is 209 g/mol. The van der Waals surface area contributed by atoms with Crippen LogP contribution in [-0.4, -0.2) is 19.3 Å². The van der Waals surface area contributed by atoms with E-state index in [2.05, 4.69) is 35.3 Å². The molecule has 0 atom stereocenters. The number of thioether (sulfide) groups is 1. The summed E-state index contributed by atoms with van der Waals surface area (Å²) in [5, 5.41) is 0. The lowest BCUT2D eigenvalue weighted by atomic mass is 10.1. The van der Waals surface area contributed by atoms with Crippen LogP contribution < -0.4 is 0 Å². The smallest absolute Gasteiger partial charge is 0.417 e. The summed E-state index contributed by atoms with van der Waals surface area (Å²) in [5.41, 5.74) is 1.28. The third-order valence-corrected chi connectivity index (χ3v) is 2.67. The van der Waals surface area contributed by atoms with Crippen LogP contribution in [0.15, 0.2) is 29.2 Å². The highest BCUT2D eigenvalue weighted by molar-refractivity contribution is 7.98. The molecule has 0 amide bonds. The number of hydrogen-bond acceptors (Lipinski definition) is 3. The Bertz CT molecular complexity index is 269. The van der Waals surface area contributed by atoms with E-state index in [1.54, 1.807) is 11.8 Å². The minimum atomic E-state index is 0.452. The minimum absolute atomic E-state index is 0.452. The Hall–Kier alpha value is -0.960. The maximum absolute atomic E-state index is 9.75. The SMILES string of the molecule is CSc1ccc(CCCO[C]=O)cc1. The maximum Gasteiger partial charge on any atom is 0.417 e. The predicted octanol–water partition coefficient (Wildman–Crippen LogP) is 2.42. The summed E-state index contributed by atoms with van der Waals surface area (Å²) in [5.74, 6) is 0. The van der Waals surface area contributed by atoms with Gasteiger partial charge in [-0.05, 0) is 36.8 Å². The van der Waals surface area contributed by atoms with Gasteiger partial charge in [-0.2, -0.15) is 0 Å². The molecule has 0 heterocycles. The lowest BCUT2D eigenvalue weighted by Gasteiger charge is -2.01. The van der Waals surface area contributed by atoms with Gasteiger partial charge in [0, 0.05) is 4.90 Å². The maximum atomic E-state index is 9.75. The molecule has 0 fully saturated rings. The Morgan fingerprint density at radius 2 is 2.07 bits per heavy atom. The van der Waals surface area contributed by atoms with Crippen LogP contribution in [0, 0.1) is 0 Å². The summed E-state index contributed by atoms with van der Waals surface area (Å²) < 4.78 is 4.49. The van der Waals surface area contributed by atoms with Gasteiger partial charge in [0.05, 0.1) is 6.61 Å². The Kier molecular flexibility index (Phi) is 5.15. The van der Waals surface area contributed by atoms with Gasteiger partial charge in [0.15, 0.2) is 0 Å². The zero-order chi connectivity index (χ0) is 10.2. The van der Waals surface area contributed by atoms with Gasteiger partial charge in [0.2, 0.25) is 0 Å². The zero-order valence-corrected chi connectivity index (χ0v) is 8.97. The molecule has 0 aliphatic rings. The molecule has 14 heavy (non-hydrogen) atoms. The lowest BCUT2D eigenvalue weighted by Crippen LogP contribution is -1.94. The number of aryl methyl sites for hydroxylation is 1. The molecule has 1 aromatic carbocycles. The first-order valence-corrected chi connectivity index (χ1v) is 5.71. The molecule has 0 saturated heterocycles. The lowest BCUT2D eigenvalue weighted by molar-refractivity contribution is 0.273. The largest absolute Gasteiger partial charge is 0.457 e. The number of hydrogen-bond donors (Lipinski definition) is 0. The third kappa shape index (κ3) is 3.83. The van der Waals surface area contributed by atoms with Gasteiger partial charge < -0.3 is 4.74 Å². The Labute approximate surface area is 88.7 Å². The Balaban J connectivity index is 2.32. The highest BCUT2D eigenvalue weighted by Gasteiger charge is 1.94. The highest BCUT2D eigenvalue weighted by Crippen LogP contribution is 2.15. The van der Waals surface area contributed by atoms with Crippen LogP contribution in [0.4, 0.5) is 0 Å². The molecular formula is C11H13O2S. The molecule has 0 spiro atoms. The average Bonchev–Trinajstić information content (AvgIpc) is 2.25. The fourth-order valence-corrected chi connectivity index (χ4v) is 1.59. The van der Waals surface area contributed by atoms with E-state index >= 15 is 0 Å². The molecule has 3 heteroatoms. The fourth-order valence-electron chi connectivity index (χ4n) is 1.18. The molecule has 0 aromatic heterocycles. The van der Waals surface area contributed by atoms with Crippen molar-refractivity contribution in [3.8, 4) is 0 Å². The van der Waals surface area contributed by atoms with Gasteiger partial charge in [0.25, 0.3) is 0 Å². The van der Waals surface area contributed by atoms with Crippen LogP contribution in [-0.2, 0) is 16.0 Å². The van der Waals surface area contributed by atoms with E-state index in [0.717, 1.165) is 12.8 Å². The molecule has 0 aliphatic heterocycles. The molecule has 0 saturated carbocycles.